The zero-order chi connectivity index (χ0) is 16.8. The van der Waals surface area contributed by atoms with E-state index in [0.717, 1.165) is 5.69 Å². The number of hydrogen-bond acceptors (Lipinski definition) is 5. The van der Waals surface area contributed by atoms with E-state index in [-0.39, 0.29) is 18.9 Å². The van der Waals surface area contributed by atoms with Crippen LogP contribution in [0.1, 0.15) is 27.2 Å². The minimum Gasteiger partial charge on any atom is -0.461 e. The number of ether oxygens (including phenoxy) is 1. The molecule has 6 heteroatoms. The molecule has 0 aliphatic carbocycles. The van der Waals surface area contributed by atoms with E-state index in [2.05, 4.69) is 5.10 Å². The topological polar surface area (TPSA) is 62.2 Å². The molecule has 0 N–H and O–H groups in total. The summed E-state index contributed by atoms with van der Waals surface area (Å²) in [6.07, 6.45) is 0.267. The van der Waals surface area contributed by atoms with Gasteiger partial charge in [0.1, 0.15) is 11.8 Å². The second-order valence-electron chi connectivity index (χ2n) is 5.18. The summed E-state index contributed by atoms with van der Waals surface area (Å²) in [5, 5.41) is 5.99. The van der Waals surface area contributed by atoms with Crippen LogP contribution in [-0.4, -0.2) is 48.2 Å². The van der Waals surface area contributed by atoms with Crippen LogP contribution in [-0.2, 0) is 14.3 Å². The number of carbonyl (C=O) groups excluding carboxylic acids is 2. The van der Waals surface area contributed by atoms with Gasteiger partial charge in [0.25, 0.3) is 0 Å². The molecule has 1 heterocycles. The van der Waals surface area contributed by atoms with Gasteiger partial charge in [0, 0.05) is 19.5 Å². The number of anilines is 1. The number of esters is 1. The molecule has 124 valence electrons. The van der Waals surface area contributed by atoms with Gasteiger partial charge < -0.3 is 9.64 Å². The highest BCUT2D eigenvalue weighted by molar-refractivity contribution is 6.38. The van der Waals surface area contributed by atoms with Gasteiger partial charge in [-0.05, 0) is 32.9 Å². The summed E-state index contributed by atoms with van der Waals surface area (Å²) in [7, 11) is 0. The Balaban J connectivity index is 2.30. The first-order valence-corrected chi connectivity index (χ1v) is 8.00. The lowest BCUT2D eigenvalue weighted by atomic mass is 10.1. The minimum atomic E-state index is -0.503. The standard InChI is InChI=1S/C17H23N3O3/c1-4-19(5-2)16(21)15-12-14(17(22)23-6-3)18-20(15)13-10-8-7-9-11-13/h7-11,15H,4-6,12H2,1-3H3/t15-/m0/s1. The maximum Gasteiger partial charge on any atom is 0.354 e. The Kier molecular flexibility index (Phi) is 5.73. The average Bonchev–Trinajstić information content (AvgIpc) is 3.02. The van der Waals surface area contributed by atoms with E-state index in [1.807, 2.05) is 44.2 Å². The van der Waals surface area contributed by atoms with Gasteiger partial charge in [-0.25, -0.2) is 4.79 Å². The quantitative estimate of drug-likeness (QED) is 0.753. The second kappa shape index (κ2) is 7.76. The molecule has 23 heavy (non-hydrogen) atoms. The van der Waals surface area contributed by atoms with E-state index in [9.17, 15) is 9.59 Å². The van der Waals surface area contributed by atoms with Crippen LogP contribution in [0.5, 0.6) is 0 Å². The van der Waals surface area contributed by atoms with E-state index < -0.39 is 12.0 Å². The Bertz CT molecular complexity index is 582. The molecule has 6 nitrogen and oxygen atoms in total. The molecule has 2 rings (SSSR count). The van der Waals surface area contributed by atoms with E-state index in [1.54, 1.807) is 16.8 Å². The molecule has 1 aliphatic heterocycles. The average molecular weight is 317 g/mol. The van der Waals surface area contributed by atoms with Crippen molar-refractivity contribution in [3.8, 4) is 0 Å². The van der Waals surface area contributed by atoms with Crippen LogP contribution in [0, 0.1) is 0 Å². The van der Waals surface area contributed by atoms with Gasteiger partial charge in [-0.2, -0.15) is 5.10 Å². The predicted molar refractivity (Wildman–Crippen MR) is 89.3 cm³/mol. The Morgan fingerprint density at radius 3 is 2.43 bits per heavy atom. The van der Waals surface area contributed by atoms with Crippen LogP contribution in [0.3, 0.4) is 0 Å². The number of hydrazone groups is 1. The molecule has 0 saturated heterocycles. The van der Waals surface area contributed by atoms with E-state index in [1.165, 1.54) is 0 Å². The van der Waals surface area contributed by atoms with Gasteiger partial charge in [-0.3, -0.25) is 9.80 Å². The van der Waals surface area contributed by atoms with Crippen molar-refractivity contribution < 1.29 is 14.3 Å². The lowest BCUT2D eigenvalue weighted by Gasteiger charge is -2.28. The Morgan fingerprint density at radius 2 is 1.87 bits per heavy atom. The number of likely N-dealkylation sites (N-methyl/N-ethyl adjacent to an activating group) is 1. The van der Waals surface area contributed by atoms with Crippen LogP contribution in [0.15, 0.2) is 35.4 Å². The third-order valence-corrected chi connectivity index (χ3v) is 3.80. The molecular formula is C17H23N3O3. The summed E-state index contributed by atoms with van der Waals surface area (Å²) in [4.78, 5) is 26.5. The lowest BCUT2D eigenvalue weighted by molar-refractivity contribution is -0.135. The van der Waals surface area contributed by atoms with Crippen LogP contribution in [0.2, 0.25) is 0 Å². The van der Waals surface area contributed by atoms with Crippen molar-refractivity contribution in [2.24, 2.45) is 5.10 Å². The Hall–Kier alpha value is -2.37. The van der Waals surface area contributed by atoms with Crippen molar-refractivity contribution in [1.82, 2.24) is 4.90 Å². The number of amides is 1. The number of para-hydroxylation sites is 1. The molecule has 1 aromatic carbocycles. The SMILES string of the molecule is CCOC(=O)C1=NN(c2ccccc2)[C@H](C(=O)N(CC)CC)C1. The summed E-state index contributed by atoms with van der Waals surface area (Å²) in [6, 6.07) is 8.91. The van der Waals surface area contributed by atoms with E-state index in [0.29, 0.717) is 18.8 Å². The molecule has 0 saturated carbocycles. The molecule has 1 amide bonds. The molecule has 1 atom stereocenters. The van der Waals surface area contributed by atoms with Crippen molar-refractivity contribution in [2.45, 2.75) is 33.2 Å². The molecule has 0 bridgehead atoms. The second-order valence-corrected chi connectivity index (χ2v) is 5.18. The fraction of sp³-hybridized carbons (Fsp3) is 0.471. The van der Waals surface area contributed by atoms with Crippen LogP contribution < -0.4 is 5.01 Å². The highest BCUT2D eigenvalue weighted by Crippen LogP contribution is 2.26. The van der Waals surface area contributed by atoms with Crippen molar-refractivity contribution in [2.75, 3.05) is 24.7 Å². The summed E-state index contributed by atoms with van der Waals surface area (Å²) in [6.45, 7) is 7.18. The minimum absolute atomic E-state index is 0.0260. The van der Waals surface area contributed by atoms with Gasteiger partial charge in [-0.1, -0.05) is 18.2 Å². The number of benzene rings is 1. The number of carbonyl (C=O) groups is 2. The van der Waals surface area contributed by atoms with Crippen molar-refractivity contribution in [1.29, 1.82) is 0 Å². The van der Waals surface area contributed by atoms with Crippen LogP contribution >= 0.6 is 0 Å². The summed E-state index contributed by atoms with van der Waals surface area (Å²) < 4.78 is 5.03. The molecule has 0 radical (unpaired) electrons. The van der Waals surface area contributed by atoms with Crippen LogP contribution in [0.4, 0.5) is 5.69 Å². The van der Waals surface area contributed by atoms with Crippen LogP contribution in [0.25, 0.3) is 0 Å². The van der Waals surface area contributed by atoms with E-state index >= 15 is 0 Å². The molecule has 0 spiro atoms. The Morgan fingerprint density at radius 1 is 1.22 bits per heavy atom. The molecule has 0 fully saturated rings. The summed E-state index contributed by atoms with van der Waals surface area (Å²) >= 11 is 0. The molecule has 0 unspecified atom stereocenters. The highest BCUT2D eigenvalue weighted by Gasteiger charge is 2.38. The molecular weight excluding hydrogens is 294 g/mol. The first kappa shape index (κ1) is 17.0. The predicted octanol–water partition coefficient (Wildman–Crippen LogP) is 2.05. The first-order chi connectivity index (χ1) is 11.1. The van der Waals surface area contributed by atoms with Gasteiger partial charge >= 0.3 is 5.97 Å². The smallest absolute Gasteiger partial charge is 0.354 e. The van der Waals surface area contributed by atoms with Crippen molar-refractivity contribution in [3.63, 3.8) is 0 Å². The summed E-state index contributed by atoms with van der Waals surface area (Å²) in [5.41, 5.74) is 1.08. The van der Waals surface area contributed by atoms with Gasteiger partial charge in [0.15, 0.2) is 0 Å². The maximum absolute atomic E-state index is 12.8. The van der Waals surface area contributed by atoms with Gasteiger partial charge in [-0.15, -0.1) is 0 Å². The monoisotopic (exact) mass is 317 g/mol. The fourth-order valence-corrected chi connectivity index (χ4v) is 2.61. The number of nitrogens with zero attached hydrogens (tertiary/aromatic N) is 3. The lowest BCUT2D eigenvalue weighted by Crippen LogP contribution is -2.45. The third-order valence-electron chi connectivity index (χ3n) is 3.80. The summed E-state index contributed by atoms with van der Waals surface area (Å²) in [5.74, 6) is -0.481. The van der Waals surface area contributed by atoms with Gasteiger partial charge in [0.2, 0.25) is 5.91 Å². The molecule has 1 aliphatic rings. The third kappa shape index (κ3) is 3.70. The largest absolute Gasteiger partial charge is 0.461 e. The van der Waals surface area contributed by atoms with Gasteiger partial charge in [0.05, 0.1) is 12.3 Å². The number of rotatable bonds is 6. The zero-order valence-electron chi connectivity index (χ0n) is 13.9. The Labute approximate surface area is 136 Å². The highest BCUT2D eigenvalue weighted by atomic mass is 16.5. The normalized spacial score (nSPS) is 16.9. The number of hydrogen-bond donors (Lipinski definition) is 0. The van der Waals surface area contributed by atoms with E-state index in [4.69, 9.17) is 4.74 Å². The van der Waals surface area contributed by atoms with Crippen molar-refractivity contribution >= 4 is 23.3 Å². The fourth-order valence-electron chi connectivity index (χ4n) is 2.61. The van der Waals surface area contributed by atoms with Crippen molar-refractivity contribution in [3.05, 3.63) is 30.3 Å². The molecule has 0 aromatic heterocycles. The maximum atomic E-state index is 12.8. The zero-order valence-corrected chi connectivity index (χ0v) is 13.9. The first-order valence-electron chi connectivity index (χ1n) is 8.00. The molecule has 1 aromatic rings.